The van der Waals surface area contributed by atoms with Crippen molar-refractivity contribution in [1.29, 1.82) is 0 Å². The summed E-state index contributed by atoms with van der Waals surface area (Å²) in [5, 5.41) is 26.9. The number of aliphatic imine (C=N–C) groups is 4. The topological polar surface area (TPSA) is 132 Å². The molecule has 3 heterocycles. The molecule has 12 heteroatoms. The summed E-state index contributed by atoms with van der Waals surface area (Å²) < 4.78 is 25.2. The van der Waals surface area contributed by atoms with Crippen LogP contribution in [0.1, 0.15) is 57.1 Å². The maximum atomic E-state index is 13.5. The zero-order chi connectivity index (χ0) is 34.5. The fourth-order valence-electron chi connectivity index (χ4n) is 6.29. The molecule has 10 nitrogen and oxygen atoms in total. The second-order valence-electron chi connectivity index (χ2n) is 12.7. The molecule has 0 aliphatic carbocycles. The number of ether oxygens (including phenoxy) is 4. The van der Waals surface area contributed by atoms with Gasteiger partial charge in [0.1, 0.15) is 24.4 Å². The predicted octanol–water partition coefficient (Wildman–Crippen LogP) is -1.19. The molecule has 0 unspecified atom stereocenters. The molecule has 2 fully saturated rings. The van der Waals surface area contributed by atoms with Gasteiger partial charge in [-0.2, -0.15) is 0 Å². The number of benzene rings is 4. The van der Waals surface area contributed by atoms with Gasteiger partial charge in [0.2, 0.25) is 0 Å². The van der Waals surface area contributed by atoms with Crippen molar-refractivity contribution in [2.24, 2.45) is 20.0 Å². The van der Waals surface area contributed by atoms with Gasteiger partial charge < -0.3 is 29.2 Å². The van der Waals surface area contributed by atoms with Crippen molar-refractivity contribution in [3.05, 3.63) is 129 Å². The quantitative estimate of drug-likeness (QED) is 0.240. The van der Waals surface area contributed by atoms with Crippen LogP contribution in [0.4, 0.5) is 0 Å². The third-order valence-corrected chi connectivity index (χ3v) is 8.81. The van der Waals surface area contributed by atoms with Crippen molar-refractivity contribution < 1.29 is 88.3 Å². The Labute approximate surface area is 348 Å². The normalized spacial score (nSPS) is 24.4. The fraction of sp³-hybridized carbons (Fsp3) is 0.300. The van der Waals surface area contributed by atoms with E-state index in [-0.39, 0.29) is 96.8 Å². The molecule has 52 heavy (non-hydrogen) atoms. The Morgan fingerprint density at radius 1 is 0.462 bits per heavy atom. The predicted molar refractivity (Wildman–Crippen MR) is 189 cm³/mol. The number of fused-ring (bicyclic) bond motifs is 6. The van der Waals surface area contributed by atoms with E-state index in [9.17, 15) is 10.2 Å². The summed E-state index contributed by atoms with van der Waals surface area (Å²) in [5.41, 5.74) is 5.41. The number of hydrogen-bond acceptors (Lipinski definition) is 10. The molecule has 0 aromatic heterocycles. The van der Waals surface area contributed by atoms with E-state index in [1.807, 2.05) is 98.8 Å². The van der Waals surface area contributed by atoms with Gasteiger partial charge in [0.15, 0.2) is 12.6 Å². The second-order valence-corrected chi connectivity index (χ2v) is 12.7. The number of rotatable bonds is 2. The Morgan fingerprint density at radius 3 is 1.00 bits per heavy atom. The van der Waals surface area contributed by atoms with E-state index in [1.54, 1.807) is 24.9 Å². The van der Waals surface area contributed by atoms with Gasteiger partial charge in [-0.25, -0.2) is 0 Å². The van der Waals surface area contributed by atoms with E-state index in [2.05, 4.69) is 20.0 Å². The number of aryl methyl sites for hydroxylation is 2. The summed E-state index contributed by atoms with van der Waals surface area (Å²) in [4.78, 5) is 18.5. The molecule has 0 radical (unpaired) electrons. The minimum Gasteiger partial charge on any atom is -0.872 e. The Kier molecular flexibility index (Phi) is 14.6. The van der Waals surface area contributed by atoms with Crippen molar-refractivity contribution in [2.75, 3.05) is 26.2 Å². The molecule has 4 aromatic rings. The number of nitrogens with zero attached hydrogens (tertiary/aromatic N) is 4. The molecule has 4 bridgehead atoms. The van der Waals surface area contributed by atoms with Crippen molar-refractivity contribution in [2.45, 2.75) is 50.8 Å². The van der Waals surface area contributed by atoms with Crippen molar-refractivity contribution >= 4 is 24.9 Å². The molecule has 2 saturated heterocycles. The van der Waals surface area contributed by atoms with Crippen LogP contribution in [-0.4, -0.2) is 75.5 Å². The van der Waals surface area contributed by atoms with Gasteiger partial charge in [0.05, 0.1) is 26.2 Å². The average molecular weight is 717 g/mol. The third kappa shape index (κ3) is 9.75. The Hall–Kier alpha value is -3.00. The summed E-state index contributed by atoms with van der Waals surface area (Å²) in [6, 6.07) is 26.6. The van der Waals surface area contributed by atoms with E-state index in [4.69, 9.17) is 18.9 Å². The molecule has 0 saturated carbocycles. The van der Waals surface area contributed by atoms with Crippen LogP contribution in [0, 0.1) is 13.8 Å². The van der Waals surface area contributed by atoms with Gasteiger partial charge in [0, 0.05) is 36.0 Å². The zero-order valence-corrected chi connectivity index (χ0v) is 33.9. The number of hydrogen-bond donors (Lipinski definition) is 0. The van der Waals surface area contributed by atoms with Crippen LogP contribution in [0.3, 0.4) is 0 Å². The first-order valence-corrected chi connectivity index (χ1v) is 16.8. The van der Waals surface area contributed by atoms with Crippen molar-refractivity contribution in [3.63, 3.8) is 0 Å². The molecule has 4 atom stereocenters. The molecule has 4 aromatic carbocycles. The standard InChI is InChI=1S/C40H40N4O6.2Na/c1-25-13-29-17-41-21-33-35(49-39(47-33)27-9-5-3-6-10-27)23-43-19-31-15-26(2)16-32(38(31)46)20-44-24-36-34(22-42-18-30(14-25)37(29)45)48-40(50-36)28-11-7-4-8-12-28;;/h3-20,33-36,39-40,45-46H,21-24H2,1-2H3;;/q;2*+1/p-2/t33-,34-,35-,36-,39?,40?;;/m1../s1. The smallest absolute Gasteiger partial charge is 0.872 e. The largest absolute Gasteiger partial charge is 1.00 e. The fourth-order valence-corrected chi connectivity index (χ4v) is 6.29. The second kappa shape index (κ2) is 18.9. The van der Waals surface area contributed by atoms with Gasteiger partial charge in [-0.1, -0.05) is 96.4 Å². The molecular weight excluding hydrogens is 678 g/mol. The van der Waals surface area contributed by atoms with E-state index < -0.39 is 37.0 Å². The first-order chi connectivity index (χ1) is 24.4. The molecule has 7 rings (SSSR count). The summed E-state index contributed by atoms with van der Waals surface area (Å²) in [5.74, 6) is -0.345. The molecule has 3 aliphatic rings. The van der Waals surface area contributed by atoms with Crippen LogP contribution in [0.5, 0.6) is 11.5 Å². The van der Waals surface area contributed by atoms with Crippen LogP contribution in [0.15, 0.2) is 105 Å². The van der Waals surface area contributed by atoms with Crippen LogP contribution < -0.4 is 69.3 Å². The van der Waals surface area contributed by atoms with E-state index in [0.717, 1.165) is 22.3 Å². The van der Waals surface area contributed by atoms with Crippen LogP contribution in [0.25, 0.3) is 0 Å². The van der Waals surface area contributed by atoms with Crippen molar-refractivity contribution in [1.82, 2.24) is 0 Å². The van der Waals surface area contributed by atoms with E-state index >= 15 is 0 Å². The summed E-state index contributed by atoms with van der Waals surface area (Å²) >= 11 is 0. The first-order valence-electron chi connectivity index (χ1n) is 16.8. The summed E-state index contributed by atoms with van der Waals surface area (Å²) in [6.45, 7) is 4.87. The monoisotopic (exact) mass is 716 g/mol. The molecular formula is C40H38N4Na2O6. The van der Waals surface area contributed by atoms with Gasteiger partial charge in [-0.15, -0.1) is 0 Å². The van der Waals surface area contributed by atoms with Gasteiger partial charge in [-0.05, 0) is 47.2 Å². The van der Waals surface area contributed by atoms with E-state index in [1.165, 1.54) is 0 Å². The van der Waals surface area contributed by atoms with Gasteiger partial charge in [-0.3, -0.25) is 20.0 Å². The zero-order valence-electron chi connectivity index (χ0n) is 29.9. The Morgan fingerprint density at radius 2 is 0.731 bits per heavy atom. The van der Waals surface area contributed by atoms with Gasteiger partial charge in [0.25, 0.3) is 0 Å². The average Bonchev–Trinajstić information content (AvgIpc) is 3.73. The maximum absolute atomic E-state index is 13.5. The maximum Gasteiger partial charge on any atom is 1.00 e. The summed E-state index contributed by atoms with van der Waals surface area (Å²) in [7, 11) is 0. The SMILES string of the molecule is Cc1cc2c([O-])c(c1)C=NC[C@H]1OC(c3ccccc3)O[C@@H]1CN=Cc1cc(C)cc(c1[O-])C=NC[C@H]1OC(c3ccccc3)O[C@@H]1CN=C2.[Na+].[Na+]. The minimum atomic E-state index is -0.588. The molecule has 0 spiro atoms. The molecule has 0 amide bonds. The van der Waals surface area contributed by atoms with Crippen LogP contribution >= 0.6 is 0 Å². The molecule has 0 N–H and O–H groups in total. The Bertz CT molecular complexity index is 1700. The van der Waals surface area contributed by atoms with Crippen molar-refractivity contribution in [3.8, 4) is 11.5 Å². The third-order valence-electron chi connectivity index (χ3n) is 8.81. The molecule has 3 aliphatic heterocycles. The Balaban J connectivity index is 0.00000261. The van der Waals surface area contributed by atoms with E-state index in [0.29, 0.717) is 22.3 Å². The molecule has 256 valence electrons. The summed E-state index contributed by atoms with van der Waals surface area (Å²) in [6.07, 6.45) is 3.45. The van der Waals surface area contributed by atoms with Crippen LogP contribution in [-0.2, 0) is 18.9 Å². The first kappa shape index (κ1) is 40.2. The minimum absolute atomic E-state index is 0. The van der Waals surface area contributed by atoms with Crippen LogP contribution in [0.2, 0.25) is 0 Å². The van der Waals surface area contributed by atoms with Gasteiger partial charge >= 0.3 is 59.1 Å².